The summed E-state index contributed by atoms with van der Waals surface area (Å²) in [4.78, 5) is 27.5. The smallest absolute Gasteiger partial charge is 0.351 e. The van der Waals surface area contributed by atoms with Gasteiger partial charge in [-0.3, -0.25) is 9.36 Å². The van der Waals surface area contributed by atoms with Crippen LogP contribution in [0.1, 0.15) is 39.8 Å². The summed E-state index contributed by atoms with van der Waals surface area (Å²) in [6, 6.07) is 1.55. The van der Waals surface area contributed by atoms with Crippen LogP contribution in [0, 0.1) is 0 Å². The summed E-state index contributed by atoms with van der Waals surface area (Å²) in [6.07, 6.45) is 2.79. The molecule has 120 valence electrons. The van der Waals surface area contributed by atoms with E-state index in [4.69, 9.17) is 4.74 Å². The van der Waals surface area contributed by atoms with E-state index in [1.807, 2.05) is 0 Å². The second-order valence-corrected chi connectivity index (χ2v) is 5.65. The number of allylic oxidation sites excluding steroid dienone is 1. The molecule has 2 rings (SSSR count). The number of hydrogen-bond donors (Lipinski definition) is 2. The van der Waals surface area contributed by atoms with E-state index in [1.54, 1.807) is 33.0 Å². The average molecular weight is 307 g/mol. The summed E-state index contributed by atoms with van der Waals surface area (Å²) in [5.41, 5.74) is 0.359. The van der Waals surface area contributed by atoms with Crippen LogP contribution in [0.15, 0.2) is 28.7 Å². The largest absolute Gasteiger partial charge is 0.390 e. The Kier molecular flexibility index (Phi) is 5.10. The molecule has 1 aromatic rings. The Labute approximate surface area is 128 Å². The van der Waals surface area contributed by atoms with Crippen molar-refractivity contribution in [2.45, 2.75) is 52.0 Å². The van der Waals surface area contributed by atoms with Crippen LogP contribution in [0.25, 0.3) is 0 Å². The lowest BCUT2D eigenvalue weighted by molar-refractivity contribution is -0.139. The fourth-order valence-corrected chi connectivity index (χ4v) is 2.29. The standard InChI is InChI=1S/C15H21N3O4/c1-9(2)8-13(20)16-12-6-7-18(15(21)17-12)14-5-4-11(19)10(3)22-14/h6-8,10-11,14,19H,4-5H2,1-3H3,(H,16,17,20,21). The van der Waals surface area contributed by atoms with Gasteiger partial charge in [-0.1, -0.05) is 5.57 Å². The molecule has 3 unspecified atom stereocenters. The number of carbonyl (C=O) groups is 1. The number of anilines is 1. The van der Waals surface area contributed by atoms with E-state index in [0.717, 1.165) is 5.57 Å². The molecule has 22 heavy (non-hydrogen) atoms. The highest BCUT2D eigenvalue weighted by Gasteiger charge is 2.28. The molecule has 1 aliphatic heterocycles. The quantitative estimate of drug-likeness (QED) is 0.819. The topological polar surface area (TPSA) is 93.5 Å². The molecule has 1 aliphatic rings. The number of ether oxygens (including phenoxy) is 1. The average Bonchev–Trinajstić information content (AvgIpc) is 2.41. The molecule has 0 bridgehead atoms. The maximum atomic E-state index is 12.1. The first-order valence-electron chi connectivity index (χ1n) is 7.25. The first-order chi connectivity index (χ1) is 10.4. The minimum Gasteiger partial charge on any atom is -0.390 e. The minimum absolute atomic E-state index is 0.202. The summed E-state index contributed by atoms with van der Waals surface area (Å²) >= 11 is 0. The number of nitrogens with one attached hydrogen (secondary N) is 1. The Balaban J connectivity index is 2.12. The number of aliphatic hydroxyl groups is 1. The van der Waals surface area contributed by atoms with Crippen molar-refractivity contribution in [2.75, 3.05) is 5.32 Å². The number of aromatic nitrogens is 2. The third kappa shape index (κ3) is 4.02. The van der Waals surface area contributed by atoms with Crippen molar-refractivity contribution in [1.29, 1.82) is 0 Å². The summed E-state index contributed by atoms with van der Waals surface area (Å²) < 4.78 is 6.99. The molecule has 2 N–H and O–H groups in total. The first-order valence-corrected chi connectivity index (χ1v) is 7.25. The van der Waals surface area contributed by atoms with Crippen LogP contribution < -0.4 is 11.0 Å². The van der Waals surface area contributed by atoms with E-state index in [-0.39, 0.29) is 17.8 Å². The molecule has 1 saturated heterocycles. The van der Waals surface area contributed by atoms with E-state index in [0.29, 0.717) is 12.8 Å². The molecule has 0 spiro atoms. The molecule has 2 heterocycles. The predicted octanol–water partition coefficient (Wildman–Crippen LogP) is 1.21. The summed E-state index contributed by atoms with van der Waals surface area (Å²) in [5, 5.41) is 12.2. The van der Waals surface area contributed by atoms with Gasteiger partial charge in [0.1, 0.15) is 12.0 Å². The molecule has 1 aromatic heterocycles. The van der Waals surface area contributed by atoms with Gasteiger partial charge in [0.15, 0.2) is 0 Å². The molecule has 0 radical (unpaired) electrons. The van der Waals surface area contributed by atoms with Gasteiger partial charge in [-0.15, -0.1) is 0 Å². The van der Waals surface area contributed by atoms with Gasteiger partial charge < -0.3 is 15.2 Å². The van der Waals surface area contributed by atoms with Gasteiger partial charge in [0, 0.05) is 12.3 Å². The van der Waals surface area contributed by atoms with Crippen LogP contribution in [-0.4, -0.2) is 32.8 Å². The lowest BCUT2D eigenvalue weighted by Gasteiger charge is -2.32. The Morgan fingerprint density at radius 3 is 2.82 bits per heavy atom. The Morgan fingerprint density at radius 2 is 2.23 bits per heavy atom. The van der Waals surface area contributed by atoms with Gasteiger partial charge in [0.25, 0.3) is 0 Å². The van der Waals surface area contributed by atoms with Crippen molar-refractivity contribution >= 4 is 11.7 Å². The lowest BCUT2D eigenvalue weighted by Crippen LogP contribution is -2.39. The molecule has 0 saturated carbocycles. The summed E-state index contributed by atoms with van der Waals surface area (Å²) in [6.45, 7) is 5.38. The minimum atomic E-state index is -0.512. The van der Waals surface area contributed by atoms with Crippen molar-refractivity contribution in [3.8, 4) is 0 Å². The number of aliphatic hydroxyl groups excluding tert-OH is 1. The van der Waals surface area contributed by atoms with Crippen LogP contribution in [0.4, 0.5) is 5.82 Å². The highest BCUT2D eigenvalue weighted by atomic mass is 16.5. The van der Waals surface area contributed by atoms with Crippen molar-refractivity contribution in [2.24, 2.45) is 0 Å². The zero-order chi connectivity index (χ0) is 16.3. The zero-order valence-electron chi connectivity index (χ0n) is 12.9. The highest BCUT2D eigenvalue weighted by molar-refractivity contribution is 5.98. The fourth-order valence-electron chi connectivity index (χ4n) is 2.29. The molecule has 0 aliphatic carbocycles. The fraction of sp³-hybridized carbons (Fsp3) is 0.533. The number of carbonyl (C=O) groups excluding carboxylic acids is 1. The first kappa shape index (κ1) is 16.4. The summed E-state index contributed by atoms with van der Waals surface area (Å²) in [7, 11) is 0. The molecule has 1 amide bonds. The van der Waals surface area contributed by atoms with E-state index < -0.39 is 18.0 Å². The maximum absolute atomic E-state index is 12.1. The van der Waals surface area contributed by atoms with Crippen LogP contribution in [-0.2, 0) is 9.53 Å². The highest BCUT2D eigenvalue weighted by Crippen LogP contribution is 2.25. The third-order valence-corrected chi connectivity index (χ3v) is 3.43. The Morgan fingerprint density at radius 1 is 1.50 bits per heavy atom. The second-order valence-electron chi connectivity index (χ2n) is 5.65. The number of nitrogens with zero attached hydrogens (tertiary/aromatic N) is 2. The van der Waals surface area contributed by atoms with E-state index in [2.05, 4.69) is 10.3 Å². The number of amides is 1. The van der Waals surface area contributed by atoms with Crippen LogP contribution >= 0.6 is 0 Å². The van der Waals surface area contributed by atoms with E-state index >= 15 is 0 Å². The van der Waals surface area contributed by atoms with Crippen molar-refractivity contribution < 1.29 is 14.6 Å². The van der Waals surface area contributed by atoms with Crippen LogP contribution in [0.5, 0.6) is 0 Å². The molecular formula is C15H21N3O4. The van der Waals surface area contributed by atoms with Gasteiger partial charge in [0.2, 0.25) is 5.91 Å². The van der Waals surface area contributed by atoms with E-state index in [9.17, 15) is 14.7 Å². The monoisotopic (exact) mass is 307 g/mol. The number of rotatable bonds is 3. The second kappa shape index (κ2) is 6.85. The van der Waals surface area contributed by atoms with Gasteiger partial charge in [-0.2, -0.15) is 4.98 Å². The van der Waals surface area contributed by atoms with Gasteiger partial charge in [-0.25, -0.2) is 4.79 Å². The Bertz CT molecular complexity index is 634. The van der Waals surface area contributed by atoms with E-state index in [1.165, 1.54) is 10.6 Å². The number of hydrogen-bond acceptors (Lipinski definition) is 5. The van der Waals surface area contributed by atoms with Crippen molar-refractivity contribution in [1.82, 2.24) is 9.55 Å². The Hall–Kier alpha value is -1.99. The normalized spacial score (nSPS) is 24.6. The van der Waals surface area contributed by atoms with Crippen LogP contribution in [0.3, 0.4) is 0 Å². The zero-order valence-corrected chi connectivity index (χ0v) is 12.9. The molecule has 1 fully saturated rings. The van der Waals surface area contributed by atoms with Gasteiger partial charge >= 0.3 is 5.69 Å². The van der Waals surface area contributed by atoms with Gasteiger partial charge in [-0.05, 0) is 39.7 Å². The van der Waals surface area contributed by atoms with Crippen LogP contribution in [0.2, 0.25) is 0 Å². The lowest BCUT2D eigenvalue weighted by atomic mass is 10.1. The molecular weight excluding hydrogens is 286 g/mol. The van der Waals surface area contributed by atoms with Crippen molar-refractivity contribution in [3.63, 3.8) is 0 Å². The molecule has 7 heteroatoms. The van der Waals surface area contributed by atoms with Gasteiger partial charge in [0.05, 0.1) is 12.2 Å². The van der Waals surface area contributed by atoms with Crippen molar-refractivity contribution in [3.05, 3.63) is 34.4 Å². The molecule has 3 atom stereocenters. The SMILES string of the molecule is CC(C)=CC(=O)Nc1ccn(C2CCC(O)C(C)O2)c(=O)n1. The third-order valence-electron chi connectivity index (χ3n) is 3.43. The molecule has 0 aromatic carbocycles. The maximum Gasteiger partial charge on any atom is 0.351 e. The predicted molar refractivity (Wildman–Crippen MR) is 81.4 cm³/mol. The summed E-state index contributed by atoms with van der Waals surface area (Å²) in [5.74, 6) is -0.122. The molecule has 7 nitrogen and oxygen atoms in total.